The van der Waals surface area contributed by atoms with Gasteiger partial charge in [0, 0.05) is 0 Å². The predicted octanol–water partition coefficient (Wildman–Crippen LogP) is 2.80. The van der Waals surface area contributed by atoms with Gasteiger partial charge in [-0.15, -0.1) is 0 Å². The molecule has 0 aromatic carbocycles. The zero-order valence-electron chi connectivity index (χ0n) is 9.50. The fraction of sp³-hybridized carbons (Fsp3) is 0.917. The lowest BCUT2D eigenvalue weighted by molar-refractivity contribution is 0.219. The molecule has 0 radical (unpaired) electrons. The molecule has 1 atom stereocenters. The van der Waals surface area contributed by atoms with Crippen LogP contribution < -0.4 is 0 Å². The van der Waals surface area contributed by atoms with Crippen LogP contribution in [0.1, 0.15) is 46.0 Å². The quantitative estimate of drug-likeness (QED) is 0.690. The van der Waals surface area contributed by atoms with Gasteiger partial charge in [0.05, 0.1) is 12.1 Å². The van der Waals surface area contributed by atoms with Gasteiger partial charge in [-0.2, -0.15) is 5.26 Å². The van der Waals surface area contributed by atoms with E-state index in [1.54, 1.807) is 0 Å². The van der Waals surface area contributed by atoms with Crippen LogP contribution in [0.25, 0.3) is 0 Å². The minimum Gasteiger partial charge on any atom is -0.288 e. The van der Waals surface area contributed by atoms with E-state index in [0.29, 0.717) is 5.92 Å². The van der Waals surface area contributed by atoms with Crippen molar-refractivity contribution in [3.8, 4) is 6.07 Å². The first-order valence-corrected chi connectivity index (χ1v) is 5.87. The topological polar surface area (TPSA) is 27.0 Å². The average molecular weight is 194 g/mol. The third kappa shape index (κ3) is 3.67. The Morgan fingerprint density at radius 3 is 2.14 bits per heavy atom. The van der Waals surface area contributed by atoms with E-state index >= 15 is 0 Å². The molecule has 0 bridgehead atoms. The molecule has 1 aliphatic rings. The summed E-state index contributed by atoms with van der Waals surface area (Å²) in [7, 11) is 0. The maximum absolute atomic E-state index is 9.13. The van der Waals surface area contributed by atoms with Crippen LogP contribution in [0.2, 0.25) is 0 Å². The molecule has 1 heterocycles. The smallest absolute Gasteiger partial charge is 0.0980 e. The molecule has 14 heavy (non-hydrogen) atoms. The molecule has 0 aliphatic carbocycles. The first kappa shape index (κ1) is 11.5. The van der Waals surface area contributed by atoms with Crippen LogP contribution in [0, 0.1) is 17.2 Å². The van der Waals surface area contributed by atoms with Crippen LogP contribution in [0.3, 0.4) is 0 Å². The standard InChI is InChI=1S/C12H22N2/c1-11(2)9-12(10-13)14-7-5-3-4-6-8-14/h11-12H,3-9H2,1-2H3. The molecule has 0 aromatic heterocycles. The molecule has 1 saturated heterocycles. The second-order valence-corrected chi connectivity index (χ2v) is 4.72. The zero-order chi connectivity index (χ0) is 10.4. The van der Waals surface area contributed by atoms with Crippen LogP contribution in [-0.4, -0.2) is 24.0 Å². The van der Waals surface area contributed by atoms with E-state index in [2.05, 4.69) is 24.8 Å². The number of rotatable bonds is 3. The summed E-state index contributed by atoms with van der Waals surface area (Å²) in [6.45, 7) is 6.65. The molecule has 1 rings (SSSR count). The minimum atomic E-state index is 0.160. The number of hydrogen-bond donors (Lipinski definition) is 0. The number of nitriles is 1. The Kier molecular flexibility index (Phi) is 4.97. The van der Waals surface area contributed by atoms with E-state index in [1.807, 2.05) is 0 Å². The average Bonchev–Trinajstić information content (AvgIpc) is 2.41. The summed E-state index contributed by atoms with van der Waals surface area (Å²) in [5.41, 5.74) is 0. The van der Waals surface area contributed by atoms with Crippen molar-refractivity contribution in [1.82, 2.24) is 4.90 Å². The molecule has 0 saturated carbocycles. The fourth-order valence-corrected chi connectivity index (χ4v) is 2.14. The van der Waals surface area contributed by atoms with Crippen molar-refractivity contribution < 1.29 is 0 Å². The van der Waals surface area contributed by atoms with E-state index in [-0.39, 0.29) is 6.04 Å². The monoisotopic (exact) mass is 194 g/mol. The lowest BCUT2D eigenvalue weighted by atomic mass is 10.0. The van der Waals surface area contributed by atoms with Crippen LogP contribution in [0.4, 0.5) is 0 Å². The highest BCUT2D eigenvalue weighted by atomic mass is 15.1. The van der Waals surface area contributed by atoms with Gasteiger partial charge in [0.1, 0.15) is 0 Å². The Morgan fingerprint density at radius 1 is 1.14 bits per heavy atom. The number of likely N-dealkylation sites (tertiary alicyclic amines) is 1. The van der Waals surface area contributed by atoms with Crippen molar-refractivity contribution in [2.45, 2.75) is 52.0 Å². The van der Waals surface area contributed by atoms with Crippen molar-refractivity contribution >= 4 is 0 Å². The summed E-state index contributed by atoms with van der Waals surface area (Å²) in [5, 5.41) is 9.13. The van der Waals surface area contributed by atoms with Crippen molar-refractivity contribution in [2.24, 2.45) is 5.92 Å². The molecule has 1 unspecified atom stereocenters. The maximum Gasteiger partial charge on any atom is 0.0980 e. The van der Waals surface area contributed by atoms with Gasteiger partial charge in [0.25, 0.3) is 0 Å². The lowest BCUT2D eigenvalue weighted by Gasteiger charge is -2.26. The van der Waals surface area contributed by atoms with Crippen molar-refractivity contribution in [1.29, 1.82) is 5.26 Å². The van der Waals surface area contributed by atoms with E-state index in [0.717, 1.165) is 19.5 Å². The van der Waals surface area contributed by atoms with Crippen molar-refractivity contribution in [3.63, 3.8) is 0 Å². The summed E-state index contributed by atoms with van der Waals surface area (Å²) >= 11 is 0. The molecular weight excluding hydrogens is 172 g/mol. The Balaban J connectivity index is 2.45. The van der Waals surface area contributed by atoms with E-state index in [4.69, 9.17) is 5.26 Å². The van der Waals surface area contributed by atoms with Gasteiger partial charge in [0.2, 0.25) is 0 Å². The Bertz CT molecular complexity index is 185. The van der Waals surface area contributed by atoms with Gasteiger partial charge >= 0.3 is 0 Å². The third-order valence-corrected chi connectivity index (χ3v) is 2.93. The van der Waals surface area contributed by atoms with Gasteiger partial charge in [-0.25, -0.2) is 0 Å². The first-order valence-electron chi connectivity index (χ1n) is 5.87. The lowest BCUT2D eigenvalue weighted by Crippen LogP contribution is -2.35. The number of nitrogens with zero attached hydrogens (tertiary/aromatic N) is 2. The molecule has 0 N–H and O–H groups in total. The molecule has 2 heteroatoms. The summed E-state index contributed by atoms with van der Waals surface area (Å²) in [5.74, 6) is 0.628. The van der Waals surface area contributed by atoms with Crippen LogP contribution in [0.5, 0.6) is 0 Å². The number of hydrogen-bond acceptors (Lipinski definition) is 2. The maximum atomic E-state index is 9.13. The van der Waals surface area contributed by atoms with Crippen molar-refractivity contribution in [2.75, 3.05) is 13.1 Å². The van der Waals surface area contributed by atoms with Gasteiger partial charge in [-0.3, -0.25) is 4.90 Å². The van der Waals surface area contributed by atoms with Crippen LogP contribution in [0.15, 0.2) is 0 Å². The molecule has 0 spiro atoms. The van der Waals surface area contributed by atoms with Crippen LogP contribution in [-0.2, 0) is 0 Å². The molecule has 1 aliphatic heterocycles. The summed E-state index contributed by atoms with van der Waals surface area (Å²) in [6, 6.07) is 2.62. The molecular formula is C12H22N2. The third-order valence-electron chi connectivity index (χ3n) is 2.93. The van der Waals surface area contributed by atoms with Crippen LogP contribution >= 0.6 is 0 Å². The summed E-state index contributed by atoms with van der Waals surface area (Å²) < 4.78 is 0. The highest BCUT2D eigenvalue weighted by molar-refractivity contribution is 4.92. The predicted molar refractivity (Wildman–Crippen MR) is 58.9 cm³/mol. The van der Waals surface area contributed by atoms with E-state index < -0.39 is 0 Å². The largest absolute Gasteiger partial charge is 0.288 e. The Hall–Kier alpha value is -0.550. The zero-order valence-corrected chi connectivity index (χ0v) is 9.50. The highest BCUT2D eigenvalue weighted by Crippen LogP contribution is 2.16. The molecule has 80 valence electrons. The molecule has 0 aromatic rings. The van der Waals surface area contributed by atoms with Gasteiger partial charge in [0.15, 0.2) is 0 Å². The SMILES string of the molecule is CC(C)CC(C#N)N1CCCCCC1. The van der Waals surface area contributed by atoms with Gasteiger partial charge in [-0.1, -0.05) is 26.7 Å². The fourth-order valence-electron chi connectivity index (χ4n) is 2.14. The summed E-state index contributed by atoms with van der Waals surface area (Å²) in [4.78, 5) is 2.38. The van der Waals surface area contributed by atoms with E-state index in [9.17, 15) is 0 Å². The molecule has 2 nitrogen and oxygen atoms in total. The first-order chi connectivity index (χ1) is 6.74. The van der Waals surface area contributed by atoms with Gasteiger partial charge < -0.3 is 0 Å². The summed E-state index contributed by atoms with van der Waals surface area (Å²) in [6.07, 6.45) is 6.26. The van der Waals surface area contributed by atoms with E-state index in [1.165, 1.54) is 25.7 Å². The van der Waals surface area contributed by atoms with Crippen molar-refractivity contribution in [3.05, 3.63) is 0 Å². The second-order valence-electron chi connectivity index (χ2n) is 4.72. The molecule has 1 fully saturated rings. The normalized spacial score (nSPS) is 21.6. The second kappa shape index (κ2) is 6.03. The Labute approximate surface area is 87.9 Å². The van der Waals surface area contributed by atoms with Gasteiger partial charge in [-0.05, 0) is 38.3 Å². The molecule has 0 amide bonds. The minimum absolute atomic E-state index is 0.160. The Morgan fingerprint density at radius 2 is 1.71 bits per heavy atom. The highest BCUT2D eigenvalue weighted by Gasteiger charge is 2.19.